The first-order valence-electron chi connectivity index (χ1n) is 4.56. The highest BCUT2D eigenvalue weighted by Crippen LogP contribution is 1.98. The molecule has 1 unspecified atom stereocenters. The SMILES string of the molecule is CC(C(N)=S)N(C)CCC(=O)N(C)C. The van der Waals surface area contributed by atoms with Crippen LogP contribution >= 0.6 is 12.2 Å². The Morgan fingerprint density at radius 3 is 2.29 bits per heavy atom. The van der Waals surface area contributed by atoms with Crippen LogP contribution in [0.2, 0.25) is 0 Å². The maximum absolute atomic E-state index is 11.3. The first-order valence-corrected chi connectivity index (χ1v) is 4.96. The van der Waals surface area contributed by atoms with E-state index in [1.807, 2.05) is 18.9 Å². The summed E-state index contributed by atoms with van der Waals surface area (Å²) in [4.78, 5) is 15.3. The van der Waals surface area contributed by atoms with Crippen molar-refractivity contribution in [2.75, 3.05) is 27.7 Å². The number of amides is 1. The Morgan fingerprint density at radius 1 is 1.43 bits per heavy atom. The smallest absolute Gasteiger partial charge is 0.223 e. The second-order valence-electron chi connectivity index (χ2n) is 3.60. The fourth-order valence-corrected chi connectivity index (χ4v) is 1.09. The van der Waals surface area contributed by atoms with Gasteiger partial charge in [-0.2, -0.15) is 0 Å². The van der Waals surface area contributed by atoms with Gasteiger partial charge in [0.1, 0.15) is 0 Å². The normalized spacial score (nSPS) is 12.6. The first-order chi connectivity index (χ1) is 6.36. The summed E-state index contributed by atoms with van der Waals surface area (Å²) in [6.07, 6.45) is 0.496. The monoisotopic (exact) mass is 217 g/mol. The summed E-state index contributed by atoms with van der Waals surface area (Å²) in [5.74, 6) is 0.118. The quantitative estimate of drug-likeness (QED) is 0.662. The van der Waals surface area contributed by atoms with Gasteiger partial charge in [-0.15, -0.1) is 0 Å². The molecule has 0 aliphatic rings. The van der Waals surface area contributed by atoms with Crippen LogP contribution in [0, 0.1) is 0 Å². The molecule has 0 aromatic carbocycles. The van der Waals surface area contributed by atoms with Crippen molar-refractivity contribution in [2.24, 2.45) is 5.73 Å². The van der Waals surface area contributed by atoms with Crippen LogP contribution in [0.3, 0.4) is 0 Å². The van der Waals surface area contributed by atoms with E-state index in [1.165, 1.54) is 0 Å². The summed E-state index contributed by atoms with van der Waals surface area (Å²) >= 11 is 4.87. The fraction of sp³-hybridized carbons (Fsp3) is 0.778. The van der Waals surface area contributed by atoms with Crippen LogP contribution in [0.5, 0.6) is 0 Å². The minimum Gasteiger partial charge on any atom is -0.392 e. The van der Waals surface area contributed by atoms with Crippen LogP contribution in [0.1, 0.15) is 13.3 Å². The Bertz CT molecular complexity index is 218. The Balaban J connectivity index is 3.90. The van der Waals surface area contributed by atoms with E-state index >= 15 is 0 Å². The van der Waals surface area contributed by atoms with Gasteiger partial charge < -0.3 is 10.6 Å². The van der Waals surface area contributed by atoms with Gasteiger partial charge in [0.2, 0.25) is 5.91 Å². The van der Waals surface area contributed by atoms with E-state index in [4.69, 9.17) is 18.0 Å². The lowest BCUT2D eigenvalue weighted by Crippen LogP contribution is -2.40. The van der Waals surface area contributed by atoms with Gasteiger partial charge in [-0.05, 0) is 14.0 Å². The molecule has 0 rings (SSSR count). The van der Waals surface area contributed by atoms with Crippen molar-refractivity contribution in [2.45, 2.75) is 19.4 Å². The Hall–Kier alpha value is -0.680. The number of nitrogens with zero attached hydrogens (tertiary/aromatic N) is 2. The number of carbonyl (C=O) groups is 1. The molecule has 1 amide bonds. The summed E-state index contributed by atoms with van der Waals surface area (Å²) in [7, 11) is 5.41. The molecule has 0 radical (unpaired) electrons. The molecule has 5 heteroatoms. The molecule has 14 heavy (non-hydrogen) atoms. The van der Waals surface area contributed by atoms with E-state index < -0.39 is 0 Å². The van der Waals surface area contributed by atoms with Crippen molar-refractivity contribution in [3.8, 4) is 0 Å². The second-order valence-corrected chi connectivity index (χ2v) is 4.07. The molecule has 2 N–H and O–H groups in total. The van der Waals surface area contributed by atoms with Crippen molar-refractivity contribution >= 4 is 23.1 Å². The predicted molar refractivity (Wildman–Crippen MR) is 62.2 cm³/mol. The van der Waals surface area contributed by atoms with E-state index in [-0.39, 0.29) is 11.9 Å². The highest BCUT2D eigenvalue weighted by Gasteiger charge is 2.13. The van der Waals surface area contributed by atoms with Crippen LogP contribution in [0.4, 0.5) is 0 Å². The predicted octanol–water partition coefficient (Wildman–Crippen LogP) is 0.0711. The maximum Gasteiger partial charge on any atom is 0.223 e. The largest absolute Gasteiger partial charge is 0.392 e. The molecule has 0 aromatic rings. The lowest BCUT2D eigenvalue weighted by molar-refractivity contribution is -0.129. The van der Waals surface area contributed by atoms with Gasteiger partial charge in [-0.1, -0.05) is 12.2 Å². The number of nitrogens with two attached hydrogens (primary N) is 1. The molecule has 0 heterocycles. The molecular formula is C9H19N3OS. The fourth-order valence-electron chi connectivity index (χ4n) is 0.906. The molecule has 82 valence electrons. The Kier molecular flexibility index (Phi) is 5.64. The molecular weight excluding hydrogens is 198 g/mol. The molecule has 0 aromatic heterocycles. The van der Waals surface area contributed by atoms with Crippen molar-refractivity contribution in [1.82, 2.24) is 9.80 Å². The molecule has 0 fully saturated rings. The van der Waals surface area contributed by atoms with Gasteiger partial charge in [-0.3, -0.25) is 9.69 Å². The molecule has 0 aliphatic carbocycles. The summed E-state index contributed by atoms with van der Waals surface area (Å²) < 4.78 is 0. The third-order valence-corrected chi connectivity index (χ3v) is 2.59. The highest BCUT2D eigenvalue weighted by molar-refractivity contribution is 7.80. The van der Waals surface area contributed by atoms with E-state index in [0.29, 0.717) is 18.0 Å². The second kappa shape index (κ2) is 5.93. The number of rotatable bonds is 5. The number of hydrogen-bond donors (Lipinski definition) is 1. The molecule has 0 spiro atoms. The average Bonchev–Trinajstić information content (AvgIpc) is 2.11. The van der Waals surface area contributed by atoms with Crippen LogP contribution in [-0.4, -0.2) is 54.4 Å². The zero-order valence-electron chi connectivity index (χ0n) is 9.28. The van der Waals surface area contributed by atoms with Gasteiger partial charge in [0.15, 0.2) is 0 Å². The summed E-state index contributed by atoms with van der Waals surface area (Å²) in [6, 6.07) is 0.0416. The molecule has 0 saturated carbocycles. The van der Waals surface area contributed by atoms with E-state index in [9.17, 15) is 4.79 Å². The zero-order chi connectivity index (χ0) is 11.3. The molecule has 0 bridgehead atoms. The standard InChI is InChI=1S/C9H19N3OS/c1-7(9(10)14)12(4)6-5-8(13)11(2)3/h7H,5-6H2,1-4H3,(H2,10,14). The van der Waals surface area contributed by atoms with Gasteiger partial charge in [-0.25, -0.2) is 0 Å². The van der Waals surface area contributed by atoms with Crippen LogP contribution in [0.15, 0.2) is 0 Å². The number of thiocarbonyl (C=S) groups is 1. The van der Waals surface area contributed by atoms with E-state index in [0.717, 1.165) is 0 Å². The summed E-state index contributed by atoms with van der Waals surface area (Å²) in [5.41, 5.74) is 5.50. The van der Waals surface area contributed by atoms with Gasteiger partial charge in [0, 0.05) is 27.1 Å². The van der Waals surface area contributed by atoms with Gasteiger partial charge in [0.05, 0.1) is 11.0 Å². The third kappa shape index (κ3) is 4.53. The molecule has 0 saturated heterocycles. The van der Waals surface area contributed by atoms with Crippen LogP contribution in [-0.2, 0) is 4.79 Å². The Labute approximate surface area is 91.0 Å². The van der Waals surface area contributed by atoms with Crippen molar-refractivity contribution in [3.63, 3.8) is 0 Å². The molecule has 1 atom stereocenters. The van der Waals surface area contributed by atoms with Crippen molar-refractivity contribution < 1.29 is 4.79 Å². The van der Waals surface area contributed by atoms with Gasteiger partial charge in [0.25, 0.3) is 0 Å². The molecule has 4 nitrogen and oxygen atoms in total. The van der Waals surface area contributed by atoms with Crippen molar-refractivity contribution in [1.29, 1.82) is 0 Å². The van der Waals surface area contributed by atoms with Crippen LogP contribution in [0.25, 0.3) is 0 Å². The molecule has 0 aliphatic heterocycles. The number of hydrogen-bond acceptors (Lipinski definition) is 3. The summed E-state index contributed by atoms with van der Waals surface area (Å²) in [6.45, 7) is 2.61. The lowest BCUT2D eigenvalue weighted by atomic mass is 10.2. The van der Waals surface area contributed by atoms with E-state index in [1.54, 1.807) is 19.0 Å². The Morgan fingerprint density at radius 2 is 1.93 bits per heavy atom. The maximum atomic E-state index is 11.3. The lowest BCUT2D eigenvalue weighted by Gasteiger charge is -2.23. The minimum absolute atomic E-state index is 0.0416. The first kappa shape index (κ1) is 13.3. The van der Waals surface area contributed by atoms with Gasteiger partial charge >= 0.3 is 0 Å². The highest BCUT2D eigenvalue weighted by atomic mass is 32.1. The van der Waals surface area contributed by atoms with E-state index in [2.05, 4.69) is 0 Å². The topological polar surface area (TPSA) is 49.6 Å². The zero-order valence-corrected chi connectivity index (χ0v) is 10.1. The minimum atomic E-state index is 0.0416. The van der Waals surface area contributed by atoms with Crippen LogP contribution < -0.4 is 5.73 Å². The average molecular weight is 217 g/mol. The third-order valence-electron chi connectivity index (χ3n) is 2.25. The number of carbonyl (C=O) groups excluding carboxylic acids is 1. The summed E-state index contributed by atoms with van der Waals surface area (Å²) in [5, 5.41) is 0. The number of likely N-dealkylation sites (N-methyl/N-ethyl adjacent to an activating group) is 1. The van der Waals surface area contributed by atoms with Crippen molar-refractivity contribution in [3.05, 3.63) is 0 Å².